The van der Waals surface area contributed by atoms with Gasteiger partial charge in [-0.1, -0.05) is 19.3 Å². The largest absolute Gasteiger partial charge is 0.342 e. The molecule has 0 amide bonds. The number of hydrogen-bond acceptors (Lipinski definition) is 3. The van der Waals surface area contributed by atoms with Gasteiger partial charge < -0.3 is 4.90 Å². The molecule has 5 heteroatoms. The van der Waals surface area contributed by atoms with Gasteiger partial charge >= 0.3 is 0 Å². The summed E-state index contributed by atoms with van der Waals surface area (Å²) in [5.74, 6) is 7.65. The SMILES string of the molecule is CSCCC(C)N(C)C(=NC1CCCCC1)NN. The second-order valence-electron chi connectivity index (χ2n) is 5.13. The van der Waals surface area contributed by atoms with Crippen molar-refractivity contribution >= 4 is 17.7 Å². The van der Waals surface area contributed by atoms with Crippen molar-refractivity contribution in [2.75, 3.05) is 19.1 Å². The number of aliphatic imine (C=N–C) groups is 1. The fraction of sp³-hybridized carbons (Fsp3) is 0.923. The van der Waals surface area contributed by atoms with Gasteiger partial charge in [-0.2, -0.15) is 11.8 Å². The average Bonchev–Trinajstić information content (AvgIpc) is 2.42. The molecule has 1 aliphatic rings. The van der Waals surface area contributed by atoms with Crippen LogP contribution in [0.25, 0.3) is 0 Å². The first-order valence-electron chi connectivity index (χ1n) is 6.95. The predicted octanol–water partition coefficient (Wildman–Crippen LogP) is 2.21. The molecule has 4 nitrogen and oxygen atoms in total. The summed E-state index contributed by atoms with van der Waals surface area (Å²) in [5, 5.41) is 0. The molecule has 106 valence electrons. The van der Waals surface area contributed by atoms with Gasteiger partial charge in [0.1, 0.15) is 0 Å². The Morgan fingerprint density at radius 2 is 2.11 bits per heavy atom. The van der Waals surface area contributed by atoms with Crippen LogP contribution in [0.4, 0.5) is 0 Å². The quantitative estimate of drug-likeness (QED) is 0.349. The normalized spacial score (nSPS) is 19.7. The molecule has 0 aromatic heterocycles. The Labute approximate surface area is 116 Å². The van der Waals surface area contributed by atoms with Crippen molar-refractivity contribution < 1.29 is 0 Å². The van der Waals surface area contributed by atoms with Crippen molar-refractivity contribution in [2.45, 2.75) is 57.5 Å². The van der Waals surface area contributed by atoms with E-state index in [4.69, 9.17) is 10.8 Å². The van der Waals surface area contributed by atoms with E-state index >= 15 is 0 Å². The molecule has 0 aromatic carbocycles. The van der Waals surface area contributed by atoms with Crippen molar-refractivity contribution in [1.29, 1.82) is 0 Å². The Kier molecular flexibility index (Phi) is 7.51. The second kappa shape index (κ2) is 8.64. The molecule has 0 spiro atoms. The Bertz CT molecular complexity index is 251. The van der Waals surface area contributed by atoms with E-state index in [2.05, 4.69) is 30.6 Å². The zero-order valence-electron chi connectivity index (χ0n) is 12.0. The average molecular weight is 272 g/mol. The summed E-state index contributed by atoms with van der Waals surface area (Å²) in [7, 11) is 2.08. The molecule has 0 radical (unpaired) electrons. The molecule has 3 N–H and O–H groups in total. The van der Waals surface area contributed by atoms with Crippen molar-refractivity contribution in [3.63, 3.8) is 0 Å². The van der Waals surface area contributed by atoms with Gasteiger partial charge in [-0.25, -0.2) is 10.8 Å². The summed E-state index contributed by atoms with van der Waals surface area (Å²) < 4.78 is 0. The van der Waals surface area contributed by atoms with Crippen LogP contribution in [0, 0.1) is 0 Å². The Hall–Kier alpha value is -0.420. The number of nitrogens with one attached hydrogen (secondary N) is 1. The first-order valence-corrected chi connectivity index (χ1v) is 8.34. The van der Waals surface area contributed by atoms with Crippen LogP contribution in [0.5, 0.6) is 0 Å². The topological polar surface area (TPSA) is 53.6 Å². The highest BCUT2D eigenvalue weighted by Gasteiger charge is 2.17. The lowest BCUT2D eigenvalue weighted by atomic mass is 9.96. The van der Waals surface area contributed by atoms with Gasteiger partial charge in [-0.15, -0.1) is 0 Å². The number of rotatable bonds is 5. The van der Waals surface area contributed by atoms with Crippen LogP contribution >= 0.6 is 11.8 Å². The van der Waals surface area contributed by atoms with Crippen molar-refractivity contribution in [1.82, 2.24) is 10.3 Å². The predicted molar refractivity (Wildman–Crippen MR) is 81.9 cm³/mol. The minimum Gasteiger partial charge on any atom is -0.342 e. The molecule has 0 aliphatic heterocycles. The number of nitrogens with two attached hydrogens (primary N) is 1. The molecule has 0 bridgehead atoms. The van der Waals surface area contributed by atoms with Crippen LogP contribution in [0.3, 0.4) is 0 Å². The summed E-state index contributed by atoms with van der Waals surface area (Å²) in [5.41, 5.74) is 2.78. The lowest BCUT2D eigenvalue weighted by Crippen LogP contribution is -2.47. The van der Waals surface area contributed by atoms with Gasteiger partial charge in [0.15, 0.2) is 0 Å². The maximum atomic E-state index is 5.63. The fourth-order valence-electron chi connectivity index (χ4n) is 2.30. The first kappa shape index (κ1) is 15.6. The van der Waals surface area contributed by atoms with Crippen molar-refractivity contribution in [3.05, 3.63) is 0 Å². The maximum Gasteiger partial charge on any atom is 0.208 e. The van der Waals surface area contributed by atoms with Gasteiger partial charge in [0.25, 0.3) is 0 Å². The first-order chi connectivity index (χ1) is 8.69. The highest BCUT2D eigenvalue weighted by molar-refractivity contribution is 7.98. The summed E-state index contributed by atoms with van der Waals surface area (Å²) in [6, 6.07) is 0.927. The van der Waals surface area contributed by atoms with E-state index in [1.807, 2.05) is 11.8 Å². The number of thioether (sulfide) groups is 1. The smallest absolute Gasteiger partial charge is 0.208 e. The third-order valence-corrected chi connectivity index (χ3v) is 4.39. The molecular weight excluding hydrogens is 244 g/mol. The maximum absolute atomic E-state index is 5.63. The van der Waals surface area contributed by atoms with Crippen molar-refractivity contribution in [2.24, 2.45) is 10.8 Å². The molecule has 1 atom stereocenters. The number of hydrazine groups is 1. The number of hydrogen-bond donors (Lipinski definition) is 2. The number of guanidine groups is 1. The van der Waals surface area contributed by atoms with E-state index in [0.717, 1.165) is 12.4 Å². The minimum absolute atomic E-state index is 0.458. The highest BCUT2D eigenvalue weighted by atomic mass is 32.2. The monoisotopic (exact) mass is 272 g/mol. The Morgan fingerprint density at radius 3 is 2.67 bits per heavy atom. The summed E-state index contributed by atoms with van der Waals surface area (Å²) in [4.78, 5) is 6.95. The minimum atomic E-state index is 0.458. The Morgan fingerprint density at radius 1 is 1.44 bits per heavy atom. The van der Waals surface area contributed by atoms with Crippen LogP contribution in [0.1, 0.15) is 45.4 Å². The van der Waals surface area contributed by atoms with Gasteiger partial charge in [-0.05, 0) is 38.2 Å². The fourth-order valence-corrected chi connectivity index (χ4v) is 2.88. The van der Waals surface area contributed by atoms with Gasteiger partial charge in [0.05, 0.1) is 6.04 Å². The zero-order valence-corrected chi connectivity index (χ0v) is 12.8. The van der Waals surface area contributed by atoms with Crippen molar-refractivity contribution in [3.8, 4) is 0 Å². The van der Waals surface area contributed by atoms with E-state index in [-0.39, 0.29) is 0 Å². The van der Waals surface area contributed by atoms with Crippen LogP contribution < -0.4 is 11.3 Å². The van der Waals surface area contributed by atoms with Gasteiger partial charge in [0.2, 0.25) is 5.96 Å². The Balaban J connectivity index is 2.54. The summed E-state index contributed by atoms with van der Waals surface area (Å²) in [6.07, 6.45) is 9.68. The van der Waals surface area contributed by atoms with Crippen LogP contribution in [-0.2, 0) is 0 Å². The highest BCUT2D eigenvalue weighted by Crippen LogP contribution is 2.20. The van der Waals surface area contributed by atoms with Crippen LogP contribution in [0.15, 0.2) is 4.99 Å². The van der Waals surface area contributed by atoms with E-state index in [9.17, 15) is 0 Å². The zero-order chi connectivity index (χ0) is 13.4. The van der Waals surface area contributed by atoms with Crippen LogP contribution in [-0.4, -0.2) is 42.0 Å². The molecule has 0 saturated heterocycles. The molecule has 1 saturated carbocycles. The summed E-state index contributed by atoms with van der Waals surface area (Å²) >= 11 is 1.88. The number of nitrogens with zero attached hydrogens (tertiary/aromatic N) is 2. The molecule has 1 fully saturated rings. The second-order valence-corrected chi connectivity index (χ2v) is 6.12. The third kappa shape index (κ3) is 5.06. The summed E-state index contributed by atoms with van der Waals surface area (Å²) in [6.45, 7) is 2.23. The molecule has 1 rings (SSSR count). The molecular formula is C13H28N4S. The molecule has 18 heavy (non-hydrogen) atoms. The van der Waals surface area contributed by atoms with E-state index in [1.165, 1.54) is 37.9 Å². The van der Waals surface area contributed by atoms with E-state index in [1.54, 1.807) is 0 Å². The van der Waals surface area contributed by atoms with Gasteiger partial charge in [-0.3, -0.25) is 5.43 Å². The van der Waals surface area contributed by atoms with Crippen LogP contribution in [0.2, 0.25) is 0 Å². The van der Waals surface area contributed by atoms with Gasteiger partial charge in [0, 0.05) is 13.1 Å². The molecule has 1 aliphatic carbocycles. The van der Waals surface area contributed by atoms with E-state index in [0.29, 0.717) is 12.1 Å². The lowest BCUT2D eigenvalue weighted by Gasteiger charge is -2.29. The molecule has 1 unspecified atom stereocenters. The van der Waals surface area contributed by atoms with E-state index < -0.39 is 0 Å². The molecule has 0 aromatic rings. The third-order valence-electron chi connectivity index (χ3n) is 3.74. The molecule has 0 heterocycles. The lowest BCUT2D eigenvalue weighted by molar-refractivity contribution is 0.361. The standard InChI is InChI=1S/C13H28N4S/c1-11(9-10-18-3)17(2)13(16-14)15-12-7-5-4-6-8-12/h11-12H,4-10,14H2,1-3H3,(H,15,16).